The van der Waals surface area contributed by atoms with Crippen LogP contribution in [0.1, 0.15) is 41.2 Å². The highest BCUT2D eigenvalue weighted by molar-refractivity contribution is 7.89. The van der Waals surface area contributed by atoms with Crippen molar-refractivity contribution in [1.82, 2.24) is 19.4 Å². The summed E-state index contributed by atoms with van der Waals surface area (Å²) in [7, 11) is -4.03. The Morgan fingerprint density at radius 2 is 1.75 bits per heavy atom. The van der Waals surface area contributed by atoms with Gasteiger partial charge in [-0.3, -0.25) is 4.79 Å². The number of amides is 1. The smallest absolute Gasteiger partial charge is 0.251 e. The fourth-order valence-corrected chi connectivity index (χ4v) is 5.12. The highest BCUT2D eigenvalue weighted by atomic mass is 32.2. The normalized spacial score (nSPS) is 11.7. The monoisotopic (exact) mass is 458 g/mol. The van der Waals surface area contributed by atoms with Crippen molar-refractivity contribution in [2.45, 2.75) is 39.1 Å². The van der Waals surface area contributed by atoms with Crippen molar-refractivity contribution < 1.29 is 17.6 Å². The fourth-order valence-electron chi connectivity index (χ4n) is 3.57. The van der Waals surface area contributed by atoms with Crippen LogP contribution in [0.15, 0.2) is 53.4 Å². The largest absolute Gasteiger partial charge is 0.348 e. The molecule has 0 aliphatic heterocycles. The van der Waals surface area contributed by atoms with Crippen LogP contribution in [0.2, 0.25) is 0 Å². The summed E-state index contributed by atoms with van der Waals surface area (Å²) in [4.78, 5) is 12.2. The molecular formula is C23H27FN4O3S. The lowest BCUT2D eigenvalue weighted by atomic mass is 10.1. The number of nitrogens with one attached hydrogen (secondary N) is 1. The summed E-state index contributed by atoms with van der Waals surface area (Å²) in [6, 6.07) is 13.0. The van der Waals surface area contributed by atoms with Gasteiger partial charge in [0.2, 0.25) is 10.0 Å². The Hall–Kier alpha value is -3.04. The first-order chi connectivity index (χ1) is 15.2. The van der Waals surface area contributed by atoms with E-state index in [1.54, 1.807) is 13.8 Å². The van der Waals surface area contributed by atoms with E-state index in [1.165, 1.54) is 6.07 Å². The molecule has 2 aromatic carbocycles. The molecule has 1 N–H and O–H groups in total. The second-order valence-electron chi connectivity index (χ2n) is 7.31. The first-order valence-corrected chi connectivity index (χ1v) is 11.8. The Labute approximate surface area is 187 Å². The molecule has 3 aromatic rings. The Balaban J connectivity index is 1.83. The van der Waals surface area contributed by atoms with Crippen molar-refractivity contribution in [2.24, 2.45) is 0 Å². The van der Waals surface area contributed by atoms with Gasteiger partial charge in [0.05, 0.1) is 11.4 Å². The number of carbonyl (C=O) groups excluding carboxylic acids is 1. The van der Waals surface area contributed by atoms with Crippen LogP contribution in [0.3, 0.4) is 0 Å². The van der Waals surface area contributed by atoms with Gasteiger partial charge in [0.25, 0.3) is 5.91 Å². The second-order valence-corrected chi connectivity index (χ2v) is 9.22. The third-order valence-corrected chi connectivity index (χ3v) is 7.45. The van der Waals surface area contributed by atoms with E-state index in [9.17, 15) is 17.6 Å². The van der Waals surface area contributed by atoms with Gasteiger partial charge in [-0.25, -0.2) is 17.5 Å². The number of carbonyl (C=O) groups is 1. The number of halogens is 1. The number of aryl methyl sites for hydroxylation is 1. The zero-order valence-electron chi connectivity index (χ0n) is 18.6. The van der Waals surface area contributed by atoms with E-state index < -0.39 is 26.6 Å². The minimum atomic E-state index is -4.03. The lowest BCUT2D eigenvalue weighted by Gasteiger charge is -2.19. The number of para-hydroxylation sites is 1. The topological polar surface area (TPSA) is 84.3 Å². The second kappa shape index (κ2) is 9.62. The lowest BCUT2D eigenvalue weighted by molar-refractivity contribution is 0.0950. The first kappa shape index (κ1) is 23.6. The Bertz CT molecular complexity index is 1220. The van der Waals surface area contributed by atoms with Gasteiger partial charge >= 0.3 is 0 Å². The molecule has 9 heteroatoms. The number of benzene rings is 2. The molecule has 7 nitrogen and oxygen atoms in total. The average Bonchev–Trinajstić information content (AvgIpc) is 3.06. The SMILES string of the molecule is CCN(CC)S(=O)(=O)c1cc(C(=O)NCc2c(C)nn(-c3ccccc3)c2C)ccc1F. The van der Waals surface area contributed by atoms with E-state index in [-0.39, 0.29) is 25.2 Å². The molecule has 0 saturated heterocycles. The predicted molar refractivity (Wildman–Crippen MR) is 121 cm³/mol. The molecule has 1 amide bonds. The molecule has 0 bridgehead atoms. The molecule has 0 saturated carbocycles. The molecule has 0 aliphatic carbocycles. The molecule has 0 radical (unpaired) electrons. The molecule has 32 heavy (non-hydrogen) atoms. The number of hydrogen-bond donors (Lipinski definition) is 1. The summed E-state index contributed by atoms with van der Waals surface area (Å²) in [6.07, 6.45) is 0. The number of hydrogen-bond acceptors (Lipinski definition) is 4. The van der Waals surface area contributed by atoms with Gasteiger partial charge in [0.1, 0.15) is 10.7 Å². The molecule has 1 heterocycles. The van der Waals surface area contributed by atoms with Gasteiger partial charge in [0, 0.05) is 36.5 Å². The predicted octanol–water partition coefficient (Wildman–Crippen LogP) is 3.59. The molecule has 0 fully saturated rings. The van der Waals surface area contributed by atoms with Crippen LogP contribution in [-0.2, 0) is 16.6 Å². The van der Waals surface area contributed by atoms with E-state index in [2.05, 4.69) is 10.4 Å². The molecule has 1 aromatic heterocycles. The fraction of sp³-hybridized carbons (Fsp3) is 0.304. The van der Waals surface area contributed by atoms with E-state index in [0.717, 1.165) is 39.1 Å². The minimum Gasteiger partial charge on any atom is -0.348 e. The maximum absolute atomic E-state index is 14.3. The van der Waals surface area contributed by atoms with E-state index in [0.29, 0.717) is 0 Å². The van der Waals surface area contributed by atoms with Crippen molar-refractivity contribution in [3.8, 4) is 5.69 Å². The van der Waals surface area contributed by atoms with E-state index >= 15 is 0 Å². The van der Waals surface area contributed by atoms with Crippen molar-refractivity contribution >= 4 is 15.9 Å². The van der Waals surface area contributed by atoms with Gasteiger partial charge in [-0.05, 0) is 44.2 Å². The quantitative estimate of drug-likeness (QED) is 0.559. The number of rotatable bonds is 8. The van der Waals surface area contributed by atoms with E-state index in [1.807, 2.05) is 48.9 Å². The first-order valence-electron chi connectivity index (χ1n) is 10.4. The Morgan fingerprint density at radius 3 is 2.38 bits per heavy atom. The summed E-state index contributed by atoms with van der Waals surface area (Å²) in [6.45, 7) is 7.75. The Morgan fingerprint density at radius 1 is 1.09 bits per heavy atom. The van der Waals surface area contributed by atoms with Gasteiger partial charge < -0.3 is 5.32 Å². The van der Waals surface area contributed by atoms with Crippen LogP contribution in [0.4, 0.5) is 4.39 Å². The minimum absolute atomic E-state index is 0.0721. The summed E-state index contributed by atoms with van der Waals surface area (Å²) < 4.78 is 42.8. The molecule has 0 atom stereocenters. The number of nitrogens with zero attached hydrogens (tertiary/aromatic N) is 3. The number of sulfonamides is 1. The van der Waals surface area contributed by atoms with Crippen LogP contribution in [0, 0.1) is 19.7 Å². The van der Waals surface area contributed by atoms with Gasteiger partial charge in [0.15, 0.2) is 0 Å². The van der Waals surface area contributed by atoms with Crippen molar-refractivity contribution in [2.75, 3.05) is 13.1 Å². The van der Waals surface area contributed by atoms with Gasteiger partial charge in [-0.15, -0.1) is 0 Å². The van der Waals surface area contributed by atoms with Gasteiger partial charge in [-0.2, -0.15) is 9.40 Å². The maximum Gasteiger partial charge on any atom is 0.251 e. The standard InChI is InChI=1S/C23H27FN4O3S/c1-5-27(6-2)32(30,31)22-14-18(12-13-21(22)24)23(29)25-15-20-16(3)26-28(17(20)4)19-10-8-7-9-11-19/h7-14H,5-6,15H2,1-4H3,(H,25,29). The molecule has 0 spiro atoms. The molecule has 0 aliphatic rings. The van der Waals surface area contributed by atoms with Crippen LogP contribution in [0.25, 0.3) is 5.69 Å². The third kappa shape index (κ3) is 4.58. The summed E-state index contributed by atoms with van der Waals surface area (Å²) in [5.74, 6) is -1.38. The van der Waals surface area contributed by atoms with Crippen LogP contribution in [0.5, 0.6) is 0 Å². The Kier molecular flexibility index (Phi) is 7.10. The van der Waals surface area contributed by atoms with Crippen LogP contribution < -0.4 is 5.32 Å². The summed E-state index contributed by atoms with van der Waals surface area (Å²) >= 11 is 0. The number of aromatic nitrogens is 2. The van der Waals surface area contributed by atoms with Crippen molar-refractivity contribution in [3.63, 3.8) is 0 Å². The van der Waals surface area contributed by atoms with E-state index in [4.69, 9.17) is 0 Å². The van der Waals surface area contributed by atoms with Crippen molar-refractivity contribution in [3.05, 3.63) is 76.9 Å². The molecule has 170 valence electrons. The zero-order chi connectivity index (χ0) is 23.5. The zero-order valence-corrected chi connectivity index (χ0v) is 19.4. The average molecular weight is 459 g/mol. The molecule has 3 rings (SSSR count). The lowest BCUT2D eigenvalue weighted by Crippen LogP contribution is -2.31. The maximum atomic E-state index is 14.3. The summed E-state index contributed by atoms with van der Waals surface area (Å²) in [5.41, 5.74) is 3.51. The summed E-state index contributed by atoms with van der Waals surface area (Å²) in [5, 5.41) is 7.35. The molecular weight excluding hydrogens is 431 g/mol. The highest BCUT2D eigenvalue weighted by Gasteiger charge is 2.26. The molecule has 0 unspecified atom stereocenters. The van der Waals surface area contributed by atoms with Crippen molar-refractivity contribution in [1.29, 1.82) is 0 Å². The van der Waals surface area contributed by atoms with Crippen LogP contribution in [-0.4, -0.2) is 41.5 Å². The van der Waals surface area contributed by atoms with Crippen LogP contribution >= 0.6 is 0 Å². The third-order valence-electron chi connectivity index (χ3n) is 5.38. The van der Waals surface area contributed by atoms with Gasteiger partial charge in [-0.1, -0.05) is 32.0 Å². The highest BCUT2D eigenvalue weighted by Crippen LogP contribution is 2.22.